The first-order valence-electron chi connectivity index (χ1n) is 4.94. The zero-order valence-corrected chi connectivity index (χ0v) is 9.07. The number of carbonyl (C=O) groups excluding carboxylic acids is 2. The number of benzene rings is 1. The summed E-state index contributed by atoms with van der Waals surface area (Å²) in [6, 6.07) is 8.25. The van der Waals surface area contributed by atoms with Crippen molar-refractivity contribution >= 4 is 11.8 Å². The highest BCUT2D eigenvalue weighted by Gasteiger charge is 2.15. The van der Waals surface area contributed by atoms with Crippen molar-refractivity contribution in [3.05, 3.63) is 35.9 Å². The standard InChI is InChI=1S/C11H15N3O2/c1-13-9(15)7-14-11(16)10(12)8-5-3-2-4-6-8/h2-6,10H,7,12H2,1H3,(H,13,15)(H,14,16)/t10-/m0/s1. The van der Waals surface area contributed by atoms with Crippen LogP contribution in [0.3, 0.4) is 0 Å². The highest BCUT2D eigenvalue weighted by molar-refractivity contribution is 5.87. The summed E-state index contributed by atoms with van der Waals surface area (Å²) in [6.07, 6.45) is 0. The molecule has 0 heterocycles. The third-order valence-electron chi connectivity index (χ3n) is 2.14. The quantitative estimate of drug-likeness (QED) is 0.643. The van der Waals surface area contributed by atoms with Crippen molar-refractivity contribution in [2.75, 3.05) is 13.6 Å². The van der Waals surface area contributed by atoms with Crippen molar-refractivity contribution < 1.29 is 9.59 Å². The van der Waals surface area contributed by atoms with Gasteiger partial charge in [-0.15, -0.1) is 0 Å². The van der Waals surface area contributed by atoms with E-state index in [0.717, 1.165) is 5.56 Å². The van der Waals surface area contributed by atoms with Crippen molar-refractivity contribution in [3.8, 4) is 0 Å². The second-order valence-electron chi connectivity index (χ2n) is 3.28. The molecular weight excluding hydrogens is 206 g/mol. The molecule has 4 N–H and O–H groups in total. The number of hydrogen-bond acceptors (Lipinski definition) is 3. The van der Waals surface area contributed by atoms with Crippen LogP contribution in [-0.2, 0) is 9.59 Å². The smallest absolute Gasteiger partial charge is 0.241 e. The number of rotatable bonds is 4. The van der Waals surface area contributed by atoms with Gasteiger partial charge >= 0.3 is 0 Å². The van der Waals surface area contributed by atoms with Gasteiger partial charge in [0.25, 0.3) is 0 Å². The van der Waals surface area contributed by atoms with Crippen LogP contribution in [0, 0.1) is 0 Å². The first-order valence-corrected chi connectivity index (χ1v) is 4.94. The van der Waals surface area contributed by atoms with Gasteiger partial charge in [0.1, 0.15) is 6.04 Å². The summed E-state index contributed by atoms with van der Waals surface area (Å²) in [5, 5.41) is 4.86. The van der Waals surface area contributed by atoms with Crippen LogP contribution >= 0.6 is 0 Å². The van der Waals surface area contributed by atoms with Crippen molar-refractivity contribution in [1.82, 2.24) is 10.6 Å². The lowest BCUT2D eigenvalue weighted by molar-refractivity contribution is -0.126. The van der Waals surface area contributed by atoms with Gasteiger partial charge in [-0.1, -0.05) is 30.3 Å². The van der Waals surface area contributed by atoms with Gasteiger partial charge < -0.3 is 16.4 Å². The van der Waals surface area contributed by atoms with Crippen LogP contribution in [0.25, 0.3) is 0 Å². The van der Waals surface area contributed by atoms with Crippen LogP contribution in [0.4, 0.5) is 0 Å². The molecule has 0 saturated carbocycles. The summed E-state index contributed by atoms with van der Waals surface area (Å²) in [7, 11) is 1.51. The van der Waals surface area contributed by atoms with Crippen LogP contribution in [0.1, 0.15) is 11.6 Å². The van der Waals surface area contributed by atoms with E-state index in [-0.39, 0.29) is 18.4 Å². The Morgan fingerprint density at radius 1 is 1.31 bits per heavy atom. The Balaban J connectivity index is 2.52. The Morgan fingerprint density at radius 2 is 1.94 bits per heavy atom. The molecule has 1 aromatic carbocycles. The minimum atomic E-state index is -0.745. The van der Waals surface area contributed by atoms with Gasteiger partial charge in [-0.25, -0.2) is 0 Å². The molecule has 16 heavy (non-hydrogen) atoms. The summed E-state index contributed by atoms with van der Waals surface area (Å²) >= 11 is 0. The molecule has 0 radical (unpaired) electrons. The fourth-order valence-corrected chi connectivity index (χ4v) is 1.18. The number of carbonyl (C=O) groups is 2. The van der Waals surface area contributed by atoms with Crippen LogP contribution < -0.4 is 16.4 Å². The predicted octanol–water partition coefficient (Wildman–Crippen LogP) is -0.451. The summed E-state index contributed by atoms with van der Waals surface area (Å²) in [5.41, 5.74) is 6.44. The zero-order chi connectivity index (χ0) is 12.0. The van der Waals surface area contributed by atoms with Gasteiger partial charge in [0.2, 0.25) is 11.8 Å². The molecule has 0 spiro atoms. The Labute approximate surface area is 94.0 Å². The lowest BCUT2D eigenvalue weighted by atomic mass is 10.1. The summed E-state index contributed by atoms with van der Waals surface area (Å²) in [4.78, 5) is 22.5. The van der Waals surface area contributed by atoms with E-state index in [1.54, 1.807) is 24.3 Å². The molecule has 2 amide bonds. The fourth-order valence-electron chi connectivity index (χ4n) is 1.18. The Bertz CT molecular complexity index is 365. The van der Waals surface area contributed by atoms with E-state index in [1.807, 2.05) is 6.07 Å². The molecule has 1 aromatic rings. The Morgan fingerprint density at radius 3 is 2.50 bits per heavy atom. The molecule has 0 aromatic heterocycles. The van der Waals surface area contributed by atoms with Crippen molar-refractivity contribution in [2.24, 2.45) is 5.73 Å². The topological polar surface area (TPSA) is 84.2 Å². The van der Waals surface area contributed by atoms with E-state index in [0.29, 0.717) is 0 Å². The van der Waals surface area contributed by atoms with Crippen molar-refractivity contribution in [1.29, 1.82) is 0 Å². The van der Waals surface area contributed by atoms with Crippen molar-refractivity contribution in [2.45, 2.75) is 6.04 Å². The molecule has 0 aliphatic heterocycles. The molecule has 0 aliphatic rings. The Hall–Kier alpha value is -1.88. The lowest BCUT2D eigenvalue weighted by Gasteiger charge is -2.11. The first kappa shape index (κ1) is 12.2. The van der Waals surface area contributed by atoms with Gasteiger partial charge in [0.05, 0.1) is 6.54 Å². The number of amides is 2. The van der Waals surface area contributed by atoms with E-state index in [2.05, 4.69) is 10.6 Å². The molecule has 5 nitrogen and oxygen atoms in total. The SMILES string of the molecule is CNC(=O)CNC(=O)[C@@H](N)c1ccccc1. The Kier molecular flexibility index (Phi) is 4.47. The number of nitrogens with one attached hydrogen (secondary N) is 2. The lowest BCUT2D eigenvalue weighted by Crippen LogP contribution is -2.40. The molecule has 0 aliphatic carbocycles. The van der Waals surface area contributed by atoms with Crippen LogP contribution in [0.2, 0.25) is 0 Å². The van der Waals surface area contributed by atoms with Crippen LogP contribution in [0.15, 0.2) is 30.3 Å². The molecule has 5 heteroatoms. The number of likely N-dealkylation sites (N-methyl/N-ethyl adjacent to an activating group) is 1. The summed E-state index contributed by atoms with van der Waals surface area (Å²) < 4.78 is 0. The molecule has 0 bridgehead atoms. The molecule has 0 fully saturated rings. The van der Waals surface area contributed by atoms with E-state index >= 15 is 0 Å². The predicted molar refractivity (Wildman–Crippen MR) is 60.4 cm³/mol. The second-order valence-corrected chi connectivity index (χ2v) is 3.28. The van der Waals surface area contributed by atoms with Crippen molar-refractivity contribution in [3.63, 3.8) is 0 Å². The second kappa shape index (κ2) is 5.87. The average Bonchev–Trinajstić information content (AvgIpc) is 2.35. The third-order valence-corrected chi connectivity index (χ3v) is 2.14. The monoisotopic (exact) mass is 221 g/mol. The molecule has 1 atom stereocenters. The molecular formula is C11H15N3O2. The molecule has 1 rings (SSSR count). The van der Waals surface area contributed by atoms with E-state index in [4.69, 9.17) is 5.73 Å². The third kappa shape index (κ3) is 3.36. The fraction of sp³-hybridized carbons (Fsp3) is 0.273. The van der Waals surface area contributed by atoms with Gasteiger partial charge in [0.15, 0.2) is 0 Å². The maximum absolute atomic E-state index is 11.5. The van der Waals surface area contributed by atoms with E-state index in [9.17, 15) is 9.59 Å². The highest BCUT2D eigenvalue weighted by Crippen LogP contribution is 2.08. The number of nitrogens with two attached hydrogens (primary N) is 1. The molecule has 0 unspecified atom stereocenters. The zero-order valence-electron chi connectivity index (χ0n) is 9.07. The maximum atomic E-state index is 11.5. The van der Waals surface area contributed by atoms with Gasteiger partial charge in [-0.05, 0) is 5.56 Å². The van der Waals surface area contributed by atoms with Gasteiger partial charge in [0, 0.05) is 7.05 Å². The van der Waals surface area contributed by atoms with Crippen LogP contribution in [-0.4, -0.2) is 25.4 Å². The van der Waals surface area contributed by atoms with Crippen LogP contribution in [0.5, 0.6) is 0 Å². The van der Waals surface area contributed by atoms with Gasteiger partial charge in [-0.3, -0.25) is 9.59 Å². The molecule has 0 saturated heterocycles. The minimum Gasteiger partial charge on any atom is -0.358 e. The highest BCUT2D eigenvalue weighted by atomic mass is 16.2. The van der Waals surface area contributed by atoms with Gasteiger partial charge in [-0.2, -0.15) is 0 Å². The summed E-state index contributed by atoms with van der Waals surface area (Å²) in [6.45, 7) is -0.0597. The minimum absolute atomic E-state index is 0.0597. The first-order chi connectivity index (χ1) is 7.65. The maximum Gasteiger partial charge on any atom is 0.241 e. The average molecular weight is 221 g/mol. The normalized spacial score (nSPS) is 11.6. The number of hydrogen-bond donors (Lipinski definition) is 3. The largest absolute Gasteiger partial charge is 0.358 e. The summed E-state index contributed by atoms with van der Waals surface area (Å²) in [5.74, 6) is -0.622. The molecule has 86 valence electrons. The van der Waals surface area contributed by atoms with E-state index < -0.39 is 6.04 Å². The van der Waals surface area contributed by atoms with E-state index in [1.165, 1.54) is 7.05 Å².